The topological polar surface area (TPSA) is 58.6 Å². The van der Waals surface area contributed by atoms with Gasteiger partial charge in [-0.05, 0) is 67.8 Å². The molecule has 1 amide bonds. The second kappa shape index (κ2) is 9.13. The summed E-state index contributed by atoms with van der Waals surface area (Å²) in [6.07, 6.45) is 3.94. The molecule has 2 aromatic carbocycles. The summed E-state index contributed by atoms with van der Waals surface area (Å²) in [6, 6.07) is 11.3. The molecule has 0 radical (unpaired) electrons. The average Bonchev–Trinajstić information content (AvgIpc) is 2.85. The molecular formula is C25H24F2N4O2. The third-order valence-electron chi connectivity index (χ3n) is 6.06. The number of halogens is 2. The highest BCUT2D eigenvalue weighted by Gasteiger charge is 2.28. The number of carbonyl (C=O) groups excluding carboxylic acids is 1. The maximum Gasteiger partial charge on any atom is 0.254 e. The number of anilines is 1. The van der Waals surface area contributed by atoms with Gasteiger partial charge in [-0.15, -0.1) is 0 Å². The van der Waals surface area contributed by atoms with Gasteiger partial charge in [0, 0.05) is 31.6 Å². The van der Waals surface area contributed by atoms with Crippen molar-refractivity contribution in [2.24, 2.45) is 0 Å². The molecule has 8 heteroatoms. The van der Waals surface area contributed by atoms with Crippen LogP contribution in [-0.2, 0) is 13.0 Å². The molecule has 170 valence electrons. The number of aromatic nitrogens is 2. The Labute approximate surface area is 190 Å². The zero-order valence-corrected chi connectivity index (χ0v) is 18.1. The Bertz CT molecular complexity index is 1150. The maximum atomic E-state index is 13.4. The van der Waals surface area contributed by atoms with Crippen LogP contribution in [0.2, 0.25) is 0 Å². The summed E-state index contributed by atoms with van der Waals surface area (Å²) in [5.74, 6) is 0.548. The van der Waals surface area contributed by atoms with Gasteiger partial charge in [0.2, 0.25) is 11.8 Å². The molecule has 0 N–H and O–H groups in total. The minimum atomic E-state index is -0.385. The first-order chi connectivity index (χ1) is 16.1. The lowest BCUT2D eigenvalue weighted by Crippen LogP contribution is -2.37. The Balaban J connectivity index is 1.47. The van der Waals surface area contributed by atoms with E-state index in [4.69, 9.17) is 14.7 Å². The lowest BCUT2D eigenvalue weighted by Gasteiger charge is -2.32. The van der Waals surface area contributed by atoms with Crippen LogP contribution in [0.1, 0.15) is 40.9 Å². The summed E-state index contributed by atoms with van der Waals surface area (Å²) >= 11 is 0. The molecule has 6 nitrogen and oxygen atoms in total. The van der Waals surface area contributed by atoms with Crippen LogP contribution in [-0.4, -0.2) is 40.4 Å². The Kier molecular flexibility index (Phi) is 5.90. The lowest BCUT2D eigenvalue weighted by molar-refractivity contribution is 0.0732. The Morgan fingerprint density at radius 1 is 0.848 bits per heavy atom. The third kappa shape index (κ3) is 4.65. The maximum absolute atomic E-state index is 13.4. The highest BCUT2D eigenvalue weighted by Crippen LogP contribution is 2.32. The van der Waals surface area contributed by atoms with Gasteiger partial charge >= 0.3 is 0 Å². The van der Waals surface area contributed by atoms with Gasteiger partial charge in [-0.2, -0.15) is 4.98 Å². The van der Waals surface area contributed by atoms with Gasteiger partial charge in [0.25, 0.3) is 5.91 Å². The van der Waals surface area contributed by atoms with Gasteiger partial charge in [-0.3, -0.25) is 4.79 Å². The number of amides is 1. The molecule has 1 fully saturated rings. The van der Waals surface area contributed by atoms with E-state index in [9.17, 15) is 13.6 Å². The summed E-state index contributed by atoms with van der Waals surface area (Å²) in [4.78, 5) is 26.4. The van der Waals surface area contributed by atoms with Crippen LogP contribution in [0.25, 0.3) is 0 Å². The van der Waals surface area contributed by atoms with Gasteiger partial charge in [0.1, 0.15) is 17.4 Å². The standard InChI is InChI=1S/C25H24F2N4O2/c26-18-6-4-17(5-7-18)24(32)31-15-12-22-21(16-31)23(33-20-10-8-19(27)9-11-20)29-25(28-22)30-13-2-1-3-14-30/h4-11H,1-3,12-16H2. The number of hydrogen-bond acceptors (Lipinski definition) is 5. The van der Waals surface area contributed by atoms with E-state index in [1.54, 1.807) is 17.0 Å². The van der Waals surface area contributed by atoms with Crippen molar-refractivity contribution in [3.63, 3.8) is 0 Å². The molecule has 33 heavy (non-hydrogen) atoms. The first kappa shape index (κ1) is 21.3. The number of piperidine rings is 1. The van der Waals surface area contributed by atoms with E-state index in [-0.39, 0.29) is 24.1 Å². The molecule has 3 aromatic rings. The molecule has 0 saturated carbocycles. The third-order valence-corrected chi connectivity index (χ3v) is 6.06. The van der Waals surface area contributed by atoms with Crippen LogP contribution in [0.4, 0.5) is 14.7 Å². The average molecular weight is 450 g/mol. The zero-order chi connectivity index (χ0) is 22.8. The molecular weight excluding hydrogens is 426 g/mol. The SMILES string of the molecule is O=C(c1ccc(F)cc1)N1CCc2nc(N3CCCCC3)nc(Oc3ccc(F)cc3)c2C1. The van der Waals surface area contributed by atoms with E-state index in [0.29, 0.717) is 36.1 Å². The molecule has 0 unspecified atom stereocenters. The molecule has 2 aliphatic rings. The van der Waals surface area contributed by atoms with Crippen LogP contribution in [0.5, 0.6) is 11.6 Å². The van der Waals surface area contributed by atoms with Crippen molar-refractivity contribution in [3.8, 4) is 11.6 Å². The number of rotatable bonds is 4. The van der Waals surface area contributed by atoms with E-state index in [1.165, 1.54) is 42.8 Å². The van der Waals surface area contributed by atoms with Crippen molar-refractivity contribution in [2.75, 3.05) is 24.5 Å². The lowest BCUT2D eigenvalue weighted by atomic mass is 10.0. The summed E-state index contributed by atoms with van der Waals surface area (Å²) in [6.45, 7) is 2.56. The monoisotopic (exact) mass is 450 g/mol. The number of hydrogen-bond donors (Lipinski definition) is 0. The number of benzene rings is 2. The summed E-state index contributed by atoms with van der Waals surface area (Å²) in [7, 11) is 0. The van der Waals surface area contributed by atoms with E-state index in [1.807, 2.05) is 0 Å². The minimum absolute atomic E-state index is 0.187. The normalized spacial score (nSPS) is 15.8. The molecule has 2 aliphatic heterocycles. The number of carbonyl (C=O) groups is 1. The van der Waals surface area contributed by atoms with E-state index < -0.39 is 0 Å². The van der Waals surface area contributed by atoms with Crippen molar-refractivity contribution in [2.45, 2.75) is 32.2 Å². The summed E-state index contributed by atoms with van der Waals surface area (Å²) in [5, 5.41) is 0. The van der Waals surface area contributed by atoms with Crippen LogP contribution in [0.3, 0.4) is 0 Å². The van der Waals surface area contributed by atoms with Gasteiger partial charge in [0.15, 0.2) is 0 Å². The predicted molar refractivity (Wildman–Crippen MR) is 119 cm³/mol. The van der Waals surface area contributed by atoms with Crippen LogP contribution in [0.15, 0.2) is 48.5 Å². The molecule has 0 bridgehead atoms. The fourth-order valence-electron chi connectivity index (χ4n) is 4.25. The number of nitrogens with zero attached hydrogens (tertiary/aromatic N) is 4. The van der Waals surface area contributed by atoms with Gasteiger partial charge < -0.3 is 14.5 Å². The number of fused-ring (bicyclic) bond motifs is 1. The summed E-state index contributed by atoms with van der Waals surface area (Å²) < 4.78 is 32.7. The number of ether oxygens (including phenoxy) is 1. The van der Waals surface area contributed by atoms with Gasteiger partial charge in [-0.25, -0.2) is 13.8 Å². The fourth-order valence-corrected chi connectivity index (χ4v) is 4.25. The first-order valence-electron chi connectivity index (χ1n) is 11.2. The van der Waals surface area contributed by atoms with Crippen molar-refractivity contribution in [3.05, 3.63) is 77.0 Å². The predicted octanol–water partition coefficient (Wildman–Crippen LogP) is 4.74. The largest absolute Gasteiger partial charge is 0.438 e. The second-order valence-electron chi connectivity index (χ2n) is 8.34. The first-order valence-corrected chi connectivity index (χ1v) is 11.2. The molecule has 1 aromatic heterocycles. The quantitative estimate of drug-likeness (QED) is 0.575. The highest BCUT2D eigenvalue weighted by molar-refractivity contribution is 5.94. The van der Waals surface area contributed by atoms with Gasteiger partial charge in [-0.1, -0.05) is 0 Å². The van der Waals surface area contributed by atoms with E-state index in [2.05, 4.69) is 4.90 Å². The molecule has 0 atom stereocenters. The van der Waals surface area contributed by atoms with Crippen LogP contribution in [0, 0.1) is 11.6 Å². The minimum Gasteiger partial charge on any atom is -0.438 e. The molecule has 0 spiro atoms. The van der Waals surface area contributed by atoms with Crippen molar-refractivity contribution < 1.29 is 18.3 Å². The van der Waals surface area contributed by atoms with E-state index in [0.717, 1.165) is 37.2 Å². The van der Waals surface area contributed by atoms with Crippen LogP contribution < -0.4 is 9.64 Å². The Hall–Kier alpha value is -3.55. The smallest absolute Gasteiger partial charge is 0.254 e. The fraction of sp³-hybridized carbons (Fsp3) is 0.320. The van der Waals surface area contributed by atoms with Gasteiger partial charge in [0.05, 0.1) is 17.8 Å². The molecule has 1 saturated heterocycles. The molecule has 0 aliphatic carbocycles. The zero-order valence-electron chi connectivity index (χ0n) is 18.1. The Morgan fingerprint density at radius 2 is 1.52 bits per heavy atom. The van der Waals surface area contributed by atoms with E-state index >= 15 is 0 Å². The summed E-state index contributed by atoms with van der Waals surface area (Å²) in [5.41, 5.74) is 2.01. The Morgan fingerprint density at radius 3 is 2.21 bits per heavy atom. The van der Waals surface area contributed by atoms with Crippen molar-refractivity contribution in [1.29, 1.82) is 0 Å². The van der Waals surface area contributed by atoms with Crippen molar-refractivity contribution in [1.82, 2.24) is 14.9 Å². The second-order valence-corrected chi connectivity index (χ2v) is 8.34. The van der Waals surface area contributed by atoms with Crippen molar-refractivity contribution >= 4 is 11.9 Å². The highest BCUT2D eigenvalue weighted by atomic mass is 19.1. The molecule has 5 rings (SSSR count). The molecule has 3 heterocycles. The van der Waals surface area contributed by atoms with Crippen LogP contribution >= 0.6 is 0 Å².